The lowest BCUT2D eigenvalue weighted by Crippen LogP contribution is -2.09. The van der Waals surface area contributed by atoms with Gasteiger partial charge in [0.1, 0.15) is 11.5 Å². The standard InChI is InChI=1S/C44H31NO2S/c1-46-42-27-23-40(24-28-42)45(41-25-29-43(47-2)30-26-41)39-21-17-37(18-22-39)15-13-35-9-5-33(6-10-35)3-4-34-7-11-36(12-8-34)14-16-38-19-31-44(48)32-20-38/h5-12,17-32,48H,1-2H3. The fourth-order valence-corrected chi connectivity index (χ4v) is 5.00. The van der Waals surface area contributed by atoms with Crippen molar-refractivity contribution in [1.82, 2.24) is 0 Å². The molecule has 3 nitrogen and oxygen atoms in total. The Balaban J connectivity index is 1.12. The fourth-order valence-electron chi connectivity index (χ4n) is 4.86. The average molecular weight is 638 g/mol. The molecular weight excluding hydrogens is 607 g/mol. The van der Waals surface area contributed by atoms with Crippen molar-refractivity contribution in [2.45, 2.75) is 4.90 Å². The zero-order valence-electron chi connectivity index (χ0n) is 26.6. The summed E-state index contributed by atoms with van der Waals surface area (Å²) in [5, 5.41) is 0. The van der Waals surface area contributed by atoms with Gasteiger partial charge in [0.25, 0.3) is 0 Å². The Kier molecular flexibility index (Phi) is 10.1. The molecule has 6 aromatic carbocycles. The summed E-state index contributed by atoms with van der Waals surface area (Å²) in [7, 11) is 3.34. The van der Waals surface area contributed by atoms with E-state index in [-0.39, 0.29) is 0 Å². The fraction of sp³-hybridized carbons (Fsp3) is 0.0455. The van der Waals surface area contributed by atoms with Gasteiger partial charge >= 0.3 is 0 Å². The molecule has 0 amide bonds. The van der Waals surface area contributed by atoms with E-state index < -0.39 is 0 Å². The molecule has 0 aliphatic heterocycles. The number of ether oxygens (including phenoxy) is 2. The number of benzene rings is 6. The smallest absolute Gasteiger partial charge is 0.119 e. The van der Waals surface area contributed by atoms with Crippen LogP contribution in [0, 0.1) is 35.5 Å². The van der Waals surface area contributed by atoms with Crippen molar-refractivity contribution in [3.05, 3.63) is 179 Å². The van der Waals surface area contributed by atoms with Crippen LogP contribution in [0.15, 0.2) is 150 Å². The number of anilines is 3. The van der Waals surface area contributed by atoms with Crippen molar-refractivity contribution in [3.8, 4) is 47.0 Å². The Labute approximate surface area is 288 Å². The van der Waals surface area contributed by atoms with E-state index in [1.807, 2.05) is 133 Å². The Morgan fingerprint density at radius 1 is 0.354 bits per heavy atom. The number of nitrogens with zero attached hydrogens (tertiary/aromatic N) is 1. The normalized spacial score (nSPS) is 9.90. The van der Waals surface area contributed by atoms with Crippen molar-refractivity contribution in [1.29, 1.82) is 0 Å². The van der Waals surface area contributed by atoms with Gasteiger partial charge < -0.3 is 14.4 Å². The van der Waals surface area contributed by atoms with Crippen LogP contribution in [0.5, 0.6) is 11.5 Å². The number of rotatable bonds is 5. The molecule has 6 aromatic rings. The van der Waals surface area contributed by atoms with Gasteiger partial charge in [-0.3, -0.25) is 0 Å². The number of hydrogen-bond acceptors (Lipinski definition) is 4. The number of thiol groups is 1. The minimum Gasteiger partial charge on any atom is -0.497 e. The summed E-state index contributed by atoms with van der Waals surface area (Å²) < 4.78 is 10.7. The molecule has 0 aliphatic rings. The van der Waals surface area contributed by atoms with Gasteiger partial charge in [0.15, 0.2) is 0 Å². The van der Waals surface area contributed by atoms with Crippen molar-refractivity contribution >= 4 is 29.7 Å². The van der Waals surface area contributed by atoms with Gasteiger partial charge in [-0.25, -0.2) is 0 Å². The Bertz CT molecular complexity index is 2120. The first kappa shape index (κ1) is 31.7. The van der Waals surface area contributed by atoms with E-state index in [1.165, 1.54) is 0 Å². The molecule has 0 spiro atoms. The Morgan fingerprint density at radius 2 is 0.583 bits per heavy atom. The third-order valence-electron chi connectivity index (χ3n) is 7.48. The topological polar surface area (TPSA) is 21.7 Å². The van der Waals surface area contributed by atoms with Crippen LogP contribution in [-0.2, 0) is 0 Å². The van der Waals surface area contributed by atoms with Gasteiger partial charge in [-0.1, -0.05) is 35.5 Å². The van der Waals surface area contributed by atoms with E-state index in [9.17, 15) is 0 Å². The second-order valence-corrected chi connectivity index (χ2v) is 11.2. The van der Waals surface area contributed by atoms with Crippen molar-refractivity contribution in [2.75, 3.05) is 19.1 Å². The van der Waals surface area contributed by atoms with Gasteiger partial charge in [-0.05, 0) is 146 Å². The summed E-state index contributed by atoms with van der Waals surface area (Å²) in [4.78, 5) is 3.11. The number of methoxy groups -OCH3 is 2. The highest BCUT2D eigenvalue weighted by Gasteiger charge is 2.13. The molecule has 0 fully saturated rings. The molecule has 0 unspecified atom stereocenters. The van der Waals surface area contributed by atoms with Crippen molar-refractivity contribution in [2.24, 2.45) is 0 Å². The third kappa shape index (κ3) is 8.31. The molecule has 0 bridgehead atoms. The van der Waals surface area contributed by atoms with Crippen LogP contribution >= 0.6 is 12.6 Å². The lowest BCUT2D eigenvalue weighted by molar-refractivity contribution is 0.415. The first-order valence-corrected chi connectivity index (χ1v) is 15.7. The highest BCUT2D eigenvalue weighted by atomic mass is 32.1. The lowest BCUT2D eigenvalue weighted by atomic mass is 10.1. The number of hydrogen-bond donors (Lipinski definition) is 1. The maximum atomic E-state index is 5.37. The van der Waals surface area contributed by atoms with E-state index in [1.54, 1.807) is 14.2 Å². The molecule has 0 saturated carbocycles. The van der Waals surface area contributed by atoms with E-state index in [0.29, 0.717) is 0 Å². The maximum absolute atomic E-state index is 5.37. The molecule has 230 valence electrons. The maximum Gasteiger partial charge on any atom is 0.119 e. The minimum absolute atomic E-state index is 0.809. The highest BCUT2D eigenvalue weighted by molar-refractivity contribution is 7.80. The average Bonchev–Trinajstić information content (AvgIpc) is 3.15. The third-order valence-corrected chi connectivity index (χ3v) is 7.78. The largest absolute Gasteiger partial charge is 0.497 e. The second-order valence-electron chi connectivity index (χ2n) is 10.7. The molecular formula is C44H31NO2S. The van der Waals surface area contributed by atoms with E-state index in [4.69, 9.17) is 9.47 Å². The van der Waals surface area contributed by atoms with Crippen LogP contribution in [-0.4, -0.2) is 14.2 Å². The van der Waals surface area contributed by atoms with Crippen LogP contribution in [0.25, 0.3) is 0 Å². The molecule has 4 heteroatoms. The molecule has 0 radical (unpaired) electrons. The van der Waals surface area contributed by atoms with Gasteiger partial charge in [-0.15, -0.1) is 12.6 Å². The Morgan fingerprint density at radius 3 is 0.854 bits per heavy atom. The van der Waals surface area contributed by atoms with Crippen LogP contribution in [0.1, 0.15) is 33.4 Å². The minimum atomic E-state index is 0.809. The zero-order chi connectivity index (χ0) is 33.1. The molecule has 0 saturated heterocycles. The predicted molar refractivity (Wildman–Crippen MR) is 199 cm³/mol. The van der Waals surface area contributed by atoms with Crippen LogP contribution in [0.3, 0.4) is 0 Å². The molecule has 0 aromatic heterocycles. The van der Waals surface area contributed by atoms with Gasteiger partial charge in [0.2, 0.25) is 0 Å². The van der Waals surface area contributed by atoms with Gasteiger partial charge in [0, 0.05) is 55.3 Å². The molecule has 48 heavy (non-hydrogen) atoms. The summed E-state index contributed by atoms with van der Waals surface area (Å²) in [5.41, 5.74) is 8.66. The van der Waals surface area contributed by atoms with Crippen molar-refractivity contribution in [3.63, 3.8) is 0 Å². The summed E-state index contributed by atoms with van der Waals surface area (Å²) in [6.45, 7) is 0. The molecule has 6 rings (SSSR count). The Hall–Kier alpha value is -6.25. The van der Waals surface area contributed by atoms with Crippen molar-refractivity contribution < 1.29 is 9.47 Å². The molecule has 0 aliphatic carbocycles. The lowest BCUT2D eigenvalue weighted by Gasteiger charge is -2.25. The van der Waals surface area contributed by atoms with E-state index in [0.717, 1.165) is 66.8 Å². The first-order chi connectivity index (χ1) is 23.6. The first-order valence-electron chi connectivity index (χ1n) is 15.3. The highest BCUT2D eigenvalue weighted by Crippen LogP contribution is 2.36. The predicted octanol–water partition coefficient (Wildman–Crippen LogP) is 9.66. The summed E-state index contributed by atoms with van der Waals surface area (Å²) in [6.07, 6.45) is 0. The monoisotopic (exact) mass is 637 g/mol. The van der Waals surface area contributed by atoms with Crippen LogP contribution in [0.4, 0.5) is 17.1 Å². The van der Waals surface area contributed by atoms with E-state index >= 15 is 0 Å². The summed E-state index contributed by atoms with van der Waals surface area (Å²) >= 11 is 4.32. The van der Waals surface area contributed by atoms with Crippen LogP contribution < -0.4 is 14.4 Å². The van der Waals surface area contributed by atoms with E-state index in [2.05, 4.69) is 65.2 Å². The summed E-state index contributed by atoms with van der Waals surface area (Å²) in [6, 6.07) is 48.0. The van der Waals surface area contributed by atoms with Gasteiger partial charge in [0.05, 0.1) is 14.2 Å². The second kappa shape index (κ2) is 15.4. The molecule has 0 heterocycles. The molecule has 0 atom stereocenters. The SMILES string of the molecule is COc1ccc(N(c2ccc(C#Cc3ccc(C#Cc4ccc(C#Cc5ccc(S)cc5)cc4)cc3)cc2)c2ccc(OC)cc2)cc1. The molecule has 0 N–H and O–H groups in total. The van der Waals surface area contributed by atoms with Crippen LogP contribution in [0.2, 0.25) is 0 Å². The quantitative estimate of drug-likeness (QED) is 0.150. The van der Waals surface area contributed by atoms with Gasteiger partial charge in [-0.2, -0.15) is 0 Å². The summed E-state index contributed by atoms with van der Waals surface area (Å²) in [5.74, 6) is 21.0. The zero-order valence-corrected chi connectivity index (χ0v) is 27.5.